The Bertz CT molecular complexity index is 1130. The van der Waals surface area contributed by atoms with Gasteiger partial charge < -0.3 is 5.32 Å². The van der Waals surface area contributed by atoms with Gasteiger partial charge in [-0.1, -0.05) is 36.8 Å². The zero-order valence-electron chi connectivity index (χ0n) is 17.1. The molecule has 5 nitrogen and oxygen atoms in total. The minimum absolute atomic E-state index is 0.00796. The van der Waals surface area contributed by atoms with Crippen LogP contribution in [0.5, 0.6) is 0 Å². The Morgan fingerprint density at radius 2 is 1.94 bits per heavy atom. The van der Waals surface area contributed by atoms with Gasteiger partial charge in [-0.2, -0.15) is 18.3 Å². The molecule has 3 aromatic rings. The highest BCUT2D eigenvalue weighted by atomic mass is 19.4. The number of benzene rings is 1. The van der Waals surface area contributed by atoms with Crippen molar-refractivity contribution >= 4 is 11.6 Å². The van der Waals surface area contributed by atoms with Crippen molar-refractivity contribution in [2.45, 2.75) is 44.8 Å². The molecule has 5 rings (SSSR count). The van der Waals surface area contributed by atoms with E-state index in [9.17, 15) is 18.0 Å². The van der Waals surface area contributed by atoms with Gasteiger partial charge in [-0.3, -0.25) is 4.79 Å². The van der Waals surface area contributed by atoms with Crippen LogP contribution in [0.1, 0.15) is 48.8 Å². The van der Waals surface area contributed by atoms with Crippen LogP contribution in [0.3, 0.4) is 0 Å². The van der Waals surface area contributed by atoms with Crippen LogP contribution in [0, 0.1) is 17.8 Å². The highest BCUT2D eigenvalue weighted by Gasteiger charge is 2.42. The van der Waals surface area contributed by atoms with E-state index in [0.29, 0.717) is 21.9 Å². The van der Waals surface area contributed by atoms with Gasteiger partial charge in [0.05, 0.1) is 5.69 Å². The van der Waals surface area contributed by atoms with Crippen molar-refractivity contribution in [3.63, 3.8) is 0 Å². The van der Waals surface area contributed by atoms with E-state index in [2.05, 4.69) is 15.4 Å². The fraction of sp³-hybridized carbons (Fsp3) is 0.435. The second kappa shape index (κ2) is 7.35. The van der Waals surface area contributed by atoms with Gasteiger partial charge in [-0.25, -0.2) is 9.50 Å². The van der Waals surface area contributed by atoms with Gasteiger partial charge in [0.15, 0.2) is 17.0 Å². The number of alkyl halides is 3. The molecule has 162 valence electrons. The average Bonchev–Trinajstić information content (AvgIpc) is 3.48. The molecule has 31 heavy (non-hydrogen) atoms. The summed E-state index contributed by atoms with van der Waals surface area (Å²) < 4.78 is 41.9. The predicted octanol–water partition coefficient (Wildman–Crippen LogP) is 4.97. The van der Waals surface area contributed by atoms with Crippen molar-refractivity contribution in [2.75, 3.05) is 0 Å². The zero-order chi connectivity index (χ0) is 21.8. The lowest BCUT2D eigenvalue weighted by Gasteiger charge is -2.28. The maximum absolute atomic E-state index is 13.7. The Labute approximate surface area is 177 Å². The Balaban J connectivity index is 1.46. The summed E-state index contributed by atoms with van der Waals surface area (Å²) in [5, 5.41) is 6.93. The van der Waals surface area contributed by atoms with Crippen molar-refractivity contribution < 1.29 is 18.0 Å². The number of carbonyl (C=O) groups excluding carboxylic acids is 1. The Kier molecular flexibility index (Phi) is 4.75. The van der Waals surface area contributed by atoms with Gasteiger partial charge in [-0.05, 0) is 50.0 Å². The van der Waals surface area contributed by atoms with Crippen LogP contribution in [0.15, 0.2) is 42.5 Å². The maximum Gasteiger partial charge on any atom is 0.433 e. The molecule has 8 heteroatoms. The summed E-state index contributed by atoms with van der Waals surface area (Å²) in [6.07, 6.45) is 0.160. The van der Waals surface area contributed by atoms with E-state index in [1.54, 1.807) is 30.3 Å². The Hall–Kier alpha value is -2.90. The van der Waals surface area contributed by atoms with Crippen LogP contribution >= 0.6 is 0 Å². The summed E-state index contributed by atoms with van der Waals surface area (Å²) >= 11 is 0. The van der Waals surface area contributed by atoms with E-state index >= 15 is 0 Å². The lowest BCUT2D eigenvalue weighted by atomic mass is 9.84. The van der Waals surface area contributed by atoms with Crippen LogP contribution in [0.2, 0.25) is 0 Å². The molecule has 4 atom stereocenters. The maximum atomic E-state index is 13.7. The Morgan fingerprint density at radius 1 is 1.16 bits per heavy atom. The van der Waals surface area contributed by atoms with Gasteiger partial charge >= 0.3 is 6.18 Å². The average molecular weight is 428 g/mol. The highest BCUT2D eigenvalue weighted by molar-refractivity contribution is 5.93. The molecule has 2 heterocycles. The molecule has 2 aromatic heterocycles. The molecule has 1 N–H and O–H groups in total. The SMILES string of the molecule is C[C@@H](NC(=O)c1cc2nc(-c3ccccc3)cc(C(F)(F)F)n2n1)[C@H]1C[C@H]2CC[C@H]1C2. The number of hydrogen-bond acceptors (Lipinski definition) is 3. The molecular weight excluding hydrogens is 405 g/mol. The number of nitrogens with zero attached hydrogens (tertiary/aromatic N) is 3. The van der Waals surface area contributed by atoms with Crippen molar-refractivity contribution in [3.8, 4) is 11.3 Å². The number of amides is 1. The summed E-state index contributed by atoms with van der Waals surface area (Å²) in [7, 11) is 0. The van der Waals surface area contributed by atoms with E-state index in [1.807, 2.05) is 6.92 Å². The molecule has 0 aliphatic heterocycles. The highest BCUT2D eigenvalue weighted by Crippen LogP contribution is 2.49. The van der Waals surface area contributed by atoms with E-state index in [0.717, 1.165) is 18.4 Å². The molecule has 0 saturated heterocycles. The first kappa shape index (κ1) is 20.0. The first-order chi connectivity index (χ1) is 14.8. The second-order valence-electron chi connectivity index (χ2n) is 8.79. The van der Waals surface area contributed by atoms with E-state index < -0.39 is 17.8 Å². The summed E-state index contributed by atoms with van der Waals surface area (Å²) in [6.45, 7) is 1.98. The minimum atomic E-state index is -4.64. The van der Waals surface area contributed by atoms with Crippen molar-refractivity contribution in [1.82, 2.24) is 19.9 Å². The lowest BCUT2D eigenvalue weighted by Crippen LogP contribution is -2.40. The molecule has 0 unspecified atom stereocenters. The molecule has 2 saturated carbocycles. The van der Waals surface area contributed by atoms with Crippen molar-refractivity contribution in [3.05, 3.63) is 53.9 Å². The van der Waals surface area contributed by atoms with Gasteiger partial charge in [0.2, 0.25) is 0 Å². The molecule has 2 aliphatic carbocycles. The van der Waals surface area contributed by atoms with Crippen LogP contribution in [-0.2, 0) is 6.18 Å². The van der Waals surface area contributed by atoms with Crippen LogP contribution in [0.4, 0.5) is 13.2 Å². The zero-order valence-corrected chi connectivity index (χ0v) is 17.1. The van der Waals surface area contributed by atoms with Crippen molar-refractivity contribution in [2.24, 2.45) is 17.8 Å². The number of rotatable bonds is 4. The number of halogens is 3. The molecule has 0 radical (unpaired) electrons. The topological polar surface area (TPSA) is 59.3 Å². The molecule has 2 fully saturated rings. The quantitative estimate of drug-likeness (QED) is 0.638. The molecular formula is C23H23F3N4O. The number of hydrogen-bond donors (Lipinski definition) is 1. The molecule has 1 aromatic carbocycles. The van der Waals surface area contributed by atoms with E-state index in [1.165, 1.54) is 25.3 Å². The fourth-order valence-electron chi connectivity index (χ4n) is 5.34. The lowest BCUT2D eigenvalue weighted by molar-refractivity contribution is -0.142. The molecule has 2 bridgehead atoms. The second-order valence-corrected chi connectivity index (χ2v) is 8.79. The fourth-order valence-corrected chi connectivity index (χ4v) is 5.34. The third-order valence-corrected chi connectivity index (χ3v) is 6.81. The number of nitrogens with one attached hydrogen (secondary N) is 1. The van der Waals surface area contributed by atoms with Gasteiger partial charge in [-0.15, -0.1) is 0 Å². The summed E-state index contributed by atoms with van der Waals surface area (Å²) in [5.74, 6) is 1.34. The molecule has 1 amide bonds. The normalized spacial score (nSPS) is 23.9. The summed E-state index contributed by atoms with van der Waals surface area (Å²) in [4.78, 5) is 17.1. The first-order valence-corrected chi connectivity index (χ1v) is 10.6. The van der Waals surface area contributed by atoms with Gasteiger partial charge in [0, 0.05) is 17.7 Å². The van der Waals surface area contributed by atoms with E-state index in [4.69, 9.17) is 0 Å². The number of aromatic nitrogens is 3. The summed E-state index contributed by atoms with van der Waals surface area (Å²) in [6, 6.07) is 10.9. The number of fused-ring (bicyclic) bond motifs is 3. The largest absolute Gasteiger partial charge is 0.433 e. The third-order valence-electron chi connectivity index (χ3n) is 6.81. The smallest absolute Gasteiger partial charge is 0.348 e. The standard InChI is InChI=1S/C23H23F3N4O/c1-13(17-10-14-7-8-16(17)9-14)27-22(31)19-12-21-28-18(15-5-3-2-4-6-15)11-20(23(24,25)26)30(21)29-19/h2-6,11-14,16-17H,7-10H2,1H3,(H,27,31)/t13-,14+,16+,17-/m1/s1. The minimum Gasteiger partial charge on any atom is -0.348 e. The third kappa shape index (κ3) is 3.68. The monoisotopic (exact) mass is 428 g/mol. The van der Waals surface area contributed by atoms with Gasteiger partial charge in [0.1, 0.15) is 0 Å². The number of carbonyl (C=O) groups is 1. The molecule has 0 spiro atoms. The van der Waals surface area contributed by atoms with Crippen molar-refractivity contribution in [1.29, 1.82) is 0 Å². The van der Waals surface area contributed by atoms with Crippen LogP contribution in [0.25, 0.3) is 16.9 Å². The summed E-state index contributed by atoms with van der Waals surface area (Å²) in [5.41, 5.74) is -0.281. The molecule has 2 aliphatic rings. The van der Waals surface area contributed by atoms with E-state index in [-0.39, 0.29) is 23.1 Å². The van der Waals surface area contributed by atoms with Gasteiger partial charge in [0.25, 0.3) is 5.91 Å². The predicted molar refractivity (Wildman–Crippen MR) is 109 cm³/mol. The van der Waals surface area contributed by atoms with Crippen LogP contribution in [-0.4, -0.2) is 26.5 Å². The van der Waals surface area contributed by atoms with Crippen LogP contribution < -0.4 is 5.32 Å². The first-order valence-electron chi connectivity index (χ1n) is 10.6. The Morgan fingerprint density at radius 3 is 2.58 bits per heavy atom.